The predicted molar refractivity (Wildman–Crippen MR) is 96.3 cm³/mol. The molecule has 1 aliphatic heterocycles. The van der Waals surface area contributed by atoms with Crippen molar-refractivity contribution in [3.05, 3.63) is 59.1 Å². The van der Waals surface area contributed by atoms with E-state index < -0.39 is 0 Å². The molecule has 3 nitrogen and oxygen atoms in total. The quantitative estimate of drug-likeness (QED) is 0.787. The summed E-state index contributed by atoms with van der Waals surface area (Å²) < 4.78 is 5.22. The van der Waals surface area contributed by atoms with Crippen LogP contribution in [0.25, 0.3) is 0 Å². The number of carbonyl (C=O) groups excluding carboxylic acids is 1. The summed E-state index contributed by atoms with van der Waals surface area (Å²) >= 11 is 7.80. The molecule has 1 fully saturated rings. The van der Waals surface area contributed by atoms with E-state index in [1.54, 1.807) is 18.9 Å². The fraction of sp³-hybridized carbons (Fsp3) is 0.278. The Hall–Kier alpha value is -1.65. The van der Waals surface area contributed by atoms with Gasteiger partial charge < -0.3 is 4.74 Å². The second-order valence-electron chi connectivity index (χ2n) is 5.35. The molecule has 5 heteroatoms. The smallest absolute Gasteiger partial charge is 0.241 e. The molecular formula is C18H18ClNO2S. The predicted octanol–water partition coefficient (Wildman–Crippen LogP) is 4.91. The van der Waals surface area contributed by atoms with Gasteiger partial charge in [-0.3, -0.25) is 9.69 Å². The number of hydrogen-bond donors (Lipinski definition) is 0. The third-order valence-electron chi connectivity index (χ3n) is 3.90. The first-order valence-electron chi connectivity index (χ1n) is 7.52. The summed E-state index contributed by atoms with van der Waals surface area (Å²) in [6, 6.07) is 15.3. The largest absolute Gasteiger partial charge is 0.497 e. The zero-order chi connectivity index (χ0) is 16.4. The highest BCUT2D eigenvalue weighted by molar-refractivity contribution is 8.01. The molecule has 0 N–H and O–H groups in total. The summed E-state index contributed by atoms with van der Waals surface area (Å²) in [5, 5.41) is 0.562. The number of hydrogen-bond acceptors (Lipinski definition) is 3. The number of nitrogens with zero attached hydrogens (tertiary/aromatic N) is 1. The van der Waals surface area contributed by atoms with Gasteiger partial charge in [-0.05, 0) is 42.3 Å². The van der Waals surface area contributed by atoms with Gasteiger partial charge in [-0.25, -0.2) is 0 Å². The first-order chi connectivity index (χ1) is 11.1. The number of amides is 1. The Morgan fingerprint density at radius 1 is 1.22 bits per heavy atom. The highest BCUT2D eigenvalue weighted by atomic mass is 35.5. The summed E-state index contributed by atoms with van der Waals surface area (Å²) in [5.74, 6) is 0.949. The summed E-state index contributed by atoms with van der Waals surface area (Å²) in [6.45, 7) is 2.04. The van der Waals surface area contributed by atoms with Crippen LogP contribution in [-0.4, -0.2) is 18.3 Å². The van der Waals surface area contributed by atoms with Crippen LogP contribution in [0.1, 0.15) is 24.3 Å². The lowest BCUT2D eigenvalue weighted by Crippen LogP contribution is -2.30. The Labute approximate surface area is 145 Å². The molecule has 1 saturated heterocycles. The highest BCUT2D eigenvalue weighted by Gasteiger charge is 2.40. The number of benzene rings is 2. The monoisotopic (exact) mass is 347 g/mol. The number of anilines is 1. The van der Waals surface area contributed by atoms with Crippen LogP contribution in [0.15, 0.2) is 48.5 Å². The number of methoxy groups -OCH3 is 1. The molecule has 0 aliphatic carbocycles. The van der Waals surface area contributed by atoms with Gasteiger partial charge >= 0.3 is 0 Å². The van der Waals surface area contributed by atoms with E-state index in [-0.39, 0.29) is 16.5 Å². The van der Waals surface area contributed by atoms with Crippen molar-refractivity contribution in [2.45, 2.75) is 24.0 Å². The molecule has 0 saturated carbocycles. The van der Waals surface area contributed by atoms with Crippen molar-refractivity contribution in [3.63, 3.8) is 0 Å². The minimum Gasteiger partial charge on any atom is -0.497 e. The molecule has 3 rings (SSSR count). The average molecular weight is 348 g/mol. The van der Waals surface area contributed by atoms with Crippen LogP contribution in [0, 0.1) is 0 Å². The maximum atomic E-state index is 12.8. The molecule has 2 aromatic carbocycles. The van der Waals surface area contributed by atoms with Crippen molar-refractivity contribution in [3.8, 4) is 5.75 Å². The van der Waals surface area contributed by atoms with E-state index >= 15 is 0 Å². The van der Waals surface area contributed by atoms with Gasteiger partial charge in [-0.2, -0.15) is 0 Å². The van der Waals surface area contributed by atoms with Gasteiger partial charge in [-0.15, -0.1) is 11.8 Å². The summed E-state index contributed by atoms with van der Waals surface area (Å²) in [5.41, 5.74) is 1.92. The molecule has 1 heterocycles. The van der Waals surface area contributed by atoms with Crippen molar-refractivity contribution in [1.82, 2.24) is 0 Å². The Bertz CT molecular complexity index is 704. The summed E-state index contributed by atoms with van der Waals surface area (Å²) in [6.07, 6.45) is 0.813. The molecule has 0 bridgehead atoms. The lowest BCUT2D eigenvalue weighted by atomic mass is 10.1. The lowest BCUT2D eigenvalue weighted by molar-refractivity contribution is -0.117. The molecule has 23 heavy (non-hydrogen) atoms. The van der Waals surface area contributed by atoms with E-state index in [0.717, 1.165) is 23.4 Å². The molecule has 2 unspecified atom stereocenters. The Morgan fingerprint density at radius 3 is 2.57 bits per heavy atom. The molecule has 1 aliphatic rings. The molecule has 2 aromatic rings. The molecule has 1 amide bonds. The second-order valence-corrected chi connectivity index (χ2v) is 7.07. The van der Waals surface area contributed by atoms with Crippen LogP contribution in [0.5, 0.6) is 5.75 Å². The van der Waals surface area contributed by atoms with Crippen molar-refractivity contribution in [1.29, 1.82) is 0 Å². The zero-order valence-corrected chi connectivity index (χ0v) is 14.6. The van der Waals surface area contributed by atoms with Gasteiger partial charge in [0.15, 0.2) is 0 Å². The van der Waals surface area contributed by atoms with Crippen LogP contribution in [0.2, 0.25) is 5.02 Å². The molecule has 0 aromatic heterocycles. The minimum atomic E-state index is -0.0446. The third-order valence-corrected chi connectivity index (χ3v) is 5.74. The summed E-state index contributed by atoms with van der Waals surface area (Å²) in [7, 11) is 1.65. The van der Waals surface area contributed by atoms with Gasteiger partial charge in [0.05, 0.1) is 12.4 Å². The SMILES string of the molecule is CCC1SC(c2ccc(OC)cc2)N(c2cccc(Cl)c2)C1=O. The van der Waals surface area contributed by atoms with Crippen molar-refractivity contribution in [2.75, 3.05) is 12.0 Å². The van der Waals surface area contributed by atoms with Gasteiger partial charge in [-0.1, -0.05) is 36.7 Å². The van der Waals surface area contributed by atoms with E-state index in [1.165, 1.54) is 0 Å². The van der Waals surface area contributed by atoms with E-state index in [4.69, 9.17) is 16.3 Å². The van der Waals surface area contributed by atoms with Crippen LogP contribution >= 0.6 is 23.4 Å². The summed E-state index contributed by atoms with van der Waals surface area (Å²) in [4.78, 5) is 14.6. The number of rotatable bonds is 4. The van der Waals surface area contributed by atoms with Crippen molar-refractivity contribution >= 4 is 35.0 Å². The van der Waals surface area contributed by atoms with Gasteiger partial charge in [0.25, 0.3) is 0 Å². The number of carbonyl (C=O) groups is 1. The van der Waals surface area contributed by atoms with Gasteiger partial charge in [0.1, 0.15) is 11.1 Å². The third kappa shape index (κ3) is 3.19. The second kappa shape index (κ2) is 6.85. The maximum absolute atomic E-state index is 12.8. The molecular weight excluding hydrogens is 330 g/mol. The lowest BCUT2D eigenvalue weighted by Gasteiger charge is -2.24. The van der Waals surface area contributed by atoms with Crippen LogP contribution in [0.4, 0.5) is 5.69 Å². The maximum Gasteiger partial charge on any atom is 0.241 e. The molecule has 0 spiro atoms. The highest BCUT2D eigenvalue weighted by Crippen LogP contribution is 2.47. The molecule has 0 radical (unpaired) electrons. The van der Waals surface area contributed by atoms with Crippen LogP contribution < -0.4 is 9.64 Å². The number of thioether (sulfide) groups is 1. The first kappa shape index (κ1) is 16.2. The van der Waals surface area contributed by atoms with Crippen molar-refractivity contribution in [2.24, 2.45) is 0 Å². The zero-order valence-electron chi connectivity index (χ0n) is 13.0. The van der Waals surface area contributed by atoms with Crippen molar-refractivity contribution < 1.29 is 9.53 Å². The van der Waals surface area contributed by atoms with Crippen LogP contribution in [-0.2, 0) is 4.79 Å². The number of ether oxygens (including phenoxy) is 1. The topological polar surface area (TPSA) is 29.5 Å². The molecule has 120 valence electrons. The van der Waals surface area contributed by atoms with E-state index in [1.807, 2.05) is 60.4 Å². The Morgan fingerprint density at radius 2 is 1.96 bits per heavy atom. The van der Waals surface area contributed by atoms with Gasteiger partial charge in [0.2, 0.25) is 5.91 Å². The van der Waals surface area contributed by atoms with Crippen LogP contribution in [0.3, 0.4) is 0 Å². The van der Waals surface area contributed by atoms with E-state index in [2.05, 4.69) is 0 Å². The minimum absolute atomic E-state index is 0.0268. The van der Waals surface area contributed by atoms with Gasteiger partial charge in [0, 0.05) is 10.7 Å². The number of halogens is 1. The standard InChI is InChI=1S/C18H18ClNO2S/c1-3-16-17(21)20(14-6-4-5-13(19)11-14)18(23-16)12-7-9-15(22-2)10-8-12/h4-11,16,18H,3H2,1-2H3. The van der Waals surface area contributed by atoms with E-state index in [0.29, 0.717) is 5.02 Å². The van der Waals surface area contributed by atoms with E-state index in [9.17, 15) is 4.79 Å². The average Bonchev–Trinajstić information content (AvgIpc) is 2.91. The molecule has 2 atom stereocenters. The Kier molecular flexibility index (Phi) is 4.83. The first-order valence-corrected chi connectivity index (χ1v) is 8.84. The fourth-order valence-electron chi connectivity index (χ4n) is 2.70. The normalized spacial score (nSPS) is 20.8. The fourth-order valence-corrected chi connectivity index (χ4v) is 4.28. The Balaban J connectivity index is 1.99.